The molecule has 4 rings (SSSR count). The van der Waals surface area contributed by atoms with Crippen molar-refractivity contribution in [3.8, 4) is 0 Å². The van der Waals surface area contributed by atoms with Gasteiger partial charge in [0, 0.05) is 22.8 Å². The number of nitrogens with two attached hydrogens (primary N) is 1. The summed E-state index contributed by atoms with van der Waals surface area (Å²) in [6.45, 7) is 2.81. The molecule has 1 fully saturated rings. The Kier molecular flexibility index (Phi) is 6.03. The normalized spacial score (nSPS) is 17.7. The van der Waals surface area contributed by atoms with Crippen LogP contribution in [0.1, 0.15) is 28.8 Å². The molecule has 2 aliphatic rings. The summed E-state index contributed by atoms with van der Waals surface area (Å²) in [5.41, 5.74) is 9.24. The van der Waals surface area contributed by atoms with Gasteiger partial charge in [0.1, 0.15) is 6.10 Å². The number of hydrogen-bond donors (Lipinski definition) is 3. The highest BCUT2D eigenvalue weighted by Gasteiger charge is 2.32. The number of nitrogens with one attached hydrogen (secondary N) is 2. The number of nitrogen functional groups attached to an aromatic ring is 1. The Morgan fingerprint density at radius 3 is 2.94 bits per heavy atom. The van der Waals surface area contributed by atoms with Crippen molar-refractivity contribution in [2.24, 2.45) is 0 Å². The second kappa shape index (κ2) is 8.89. The summed E-state index contributed by atoms with van der Waals surface area (Å²) >= 11 is 1.48. The fourth-order valence-corrected chi connectivity index (χ4v) is 4.43. The van der Waals surface area contributed by atoms with Gasteiger partial charge in [-0.15, -0.1) is 11.8 Å². The predicted octanol–water partition coefficient (Wildman–Crippen LogP) is 3.16. The maximum Gasteiger partial charge on any atom is 0.414 e. The lowest BCUT2D eigenvalue weighted by atomic mass is 10.1. The number of carbonyl (C=O) groups excluding carboxylic acids is 3. The Morgan fingerprint density at radius 2 is 2.13 bits per heavy atom. The van der Waals surface area contributed by atoms with Crippen molar-refractivity contribution < 1.29 is 19.1 Å². The average Bonchev–Trinajstić information content (AvgIpc) is 3.11. The van der Waals surface area contributed by atoms with Crippen molar-refractivity contribution in [1.82, 2.24) is 5.32 Å². The van der Waals surface area contributed by atoms with Crippen LogP contribution in [0, 0.1) is 6.92 Å². The molecule has 162 valence electrons. The Morgan fingerprint density at radius 1 is 1.29 bits per heavy atom. The Labute approximate surface area is 184 Å². The molecule has 0 aliphatic carbocycles. The summed E-state index contributed by atoms with van der Waals surface area (Å²) < 4.78 is 5.48. The first-order valence-electron chi connectivity index (χ1n) is 10.1. The van der Waals surface area contributed by atoms with Gasteiger partial charge in [-0.05, 0) is 55.7 Å². The Hall–Kier alpha value is -3.20. The SMILES string of the molecule is Cc1ccc(C(=O)NCCCC2CN(c3ccc4c(c3)NC(=O)CS4)C(=O)O2)c(N)c1. The largest absolute Gasteiger partial charge is 0.444 e. The van der Waals surface area contributed by atoms with E-state index in [1.54, 1.807) is 23.1 Å². The van der Waals surface area contributed by atoms with Crippen molar-refractivity contribution in [2.75, 3.05) is 34.8 Å². The Bertz CT molecular complexity index is 1040. The highest BCUT2D eigenvalue weighted by atomic mass is 32.2. The molecule has 8 nitrogen and oxygen atoms in total. The smallest absolute Gasteiger partial charge is 0.414 e. The number of rotatable bonds is 6. The molecule has 2 heterocycles. The van der Waals surface area contributed by atoms with Gasteiger partial charge in [-0.1, -0.05) is 6.07 Å². The van der Waals surface area contributed by atoms with Crippen molar-refractivity contribution in [3.63, 3.8) is 0 Å². The van der Waals surface area contributed by atoms with E-state index < -0.39 is 6.09 Å². The summed E-state index contributed by atoms with van der Waals surface area (Å²) in [7, 11) is 0. The van der Waals surface area contributed by atoms with E-state index in [9.17, 15) is 14.4 Å². The highest BCUT2D eigenvalue weighted by molar-refractivity contribution is 8.00. The monoisotopic (exact) mass is 440 g/mol. The summed E-state index contributed by atoms with van der Waals surface area (Å²) in [5.74, 6) is 0.134. The van der Waals surface area contributed by atoms with Crippen LogP contribution in [0.25, 0.3) is 0 Å². The molecular weight excluding hydrogens is 416 g/mol. The van der Waals surface area contributed by atoms with Gasteiger partial charge in [0.05, 0.1) is 23.5 Å². The number of fused-ring (bicyclic) bond motifs is 1. The number of ether oxygens (including phenoxy) is 1. The third kappa shape index (κ3) is 4.77. The molecule has 0 saturated carbocycles. The molecule has 0 bridgehead atoms. The van der Waals surface area contributed by atoms with Crippen molar-refractivity contribution in [3.05, 3.63) is 47.5 Å². The maximum absolute atomic E-state index is 12.3. The van der Waals surface area contributed by atoms with Crippen molar-refractivity contribution >= 4 is 46.7 Å². The van der Waals surface area contributed by atoms with Crippen LogP contribution in [0.15, 0.2) is 41.3 Å². The molecule has 3 amide bonds. The topological polar surface area (TPSA) is 114 Å². The average molecular weight is 441 g/mol. The fraction of sp³-hybridized carbons (Fsp3) is 0.318. The first-order valence-corrected chi connectivity index (χ1v) is 11.1. The van der Waals surface area contributed by atoms with Gasteiger partial charge in [0.15, 0.2) is 0 Å². The lowest BCUT2D eigenvalue weighted by Gasteiger charge is -2.20. The van der Waals surface area contributed by atoms with Crippen molar-refractivity contribution in [1.29, 1.82) is 0 Å². The summed E-state index contributed by atoms with van der Waals surface area (Å²) in [6.07, 6.45) is 0.633. The van der Waals surface area contributed by atoms with Gasteiger partial charge < -0.3 is 21.1 Å². The summed E-state index contributed by atoms with van der Waals surface area (Å²) in [6, 6.07) is 10.9. The summed E-state index contributed by atoms with van der Waals surface area (Å²) in [5, 5.41) is 5.70. The molecule has 9 heteroatoms. The molecule has 2 aromatic carbocycles. The Balaban J connectivity index is 1.28. The number of carbonyl (C=O) groups is 3. The van der Waals surface area contributed by atoms with Crippen LogP contribution in [0.4, 0.5) is 21.9 Å². The molecule has 1 unspecified atom stereocenters. The van der Waals surface area contributed by atoms with Gasteiger partial charge in [0.25, 0.3) is 5.91 Å². The first kappa shape index (κ1) is 21.0. The van der Waals surface area contributed by atoms with E-state index in [4.69, 9.17) is 10.5 Å². The van der Waals surface area contributed by atoms with Gasteiger partial charge in [-0.2, -0.15) is 0 Å². The number of thioether (sulfide) groups is 1. The highest BCUT2D eigenvalue weighted by Crippen LogP contribution is 2.35. The van der Waals surface area contributed by atoms with E-state index >= 15 is 0 Å². The molecule has 1 saturated heterocycles. The zero-order valence-electron chi connectivity index (χ0n) is 17.1. The number of hydrogen-bond acceptors (Lipinski definition) is 6. The third-order valence-corrected chi connectivity index (χ3v) is 6.30. The molecule has 0 spiro atoms. The summed E-state index contributed by atoms with van der Waals surface area (Å²) in [4.78, 5) is 38.8. The minimum atomic E-state index is -0.406. The number of nitrogens with zero attached hydrogens (tertiary/aromatic N) is 1. The van der Waals surface area contributed by atoms with E-state index in [1.165, 1.54) is 11.8 Å². The standard InChI is InChI=1S/C22H24N4O4S/c1-13-4-6-16(17(23)9-13)21(28)24-8-2-3-15-11-26(22(29)30-15)14-5-7-19-18(10-14)25-20(27)12-31-19/h4-7,9-10,15H,2-3,8,11-12,23H2,1H3,(H,24,28)(H,25,27). The van der Waals surface area contributed by atoms with E-state index in [2.05, 4.69) is 10.6 Å². The third-order valence-electron chi connectivity index (χ3n) is 5.22. The second-order valence-corrected chi connectivity index (χ2v) is 8.64. The number of cyclic esters (lactones) is 1. The zero-order chi connectivity index (χ0) is 22.0. The molecule has 1 atom stereocenters. The van der Waals surface area contributed by atoms with E-state index in [0.717, 1.165) is 10.5 Å². The van der Waals surface area contributed by atoms with Crippen LogP contribution >= 0.6 is 11.8 Å². The molecule has 4 N–H and O–H groups in total. The van der Waals surface area contributed by atoms with E-state index in [1.807, 2.05) is 25.1 Å². The lowest BCUT2D eigenvalue weighted by molar-refractivity contribution is -0.113. The second-order valence-electron chi connectivity index (χ2n) is 7.62. The number of amides is 3. The van der Waals surface area contributed by atoms with Gasteiger partial charge in [-0.3, -0.25) is 14.5 Å². The minimum absolute atomic E-state index is 0.0500. The maximum atomic E-state index is 12.3. The molecule has 2 aliphatic heterocycles. The molecule has 0 aromatic heterocycles. The number of benzene rings is 2. The van der Waals surface area contributed by atoms with Crippen molar-refractivity contribution in [2.45, 2.75) is 30.8 Å². The van der Waals surface area contributed by atoms with Crippen LogP contribution in [0.5, 0.6) is 0 Å². The molecule has 2 aromatic rings. The van der Waals surface area contributed by atoms with E-state index in [-0.39, 0.29) is 17.9 Å². The predicted molar refractivity (Wildman–Crippen MR) is 121 cm³/mol. The minimum Gasteiger partial charge on any atom is -0.444 e. The van der Waals surface area contributed by atoms with Crippen LogP contribution in [0.3, 0.4) is 0 Å². The van der Waals surface area contributed by atoms with Crippen LogP contribution in [0.2, 0.25) is 0 Å². The number of anilines is 3. The van der Waals surface area contributed by atoms with Crippen LogP contribution < -0.4 is 21.3 Å². The quantitative estimate of drug-likeness (QED) is 0.470. The molecule has 0 radical (unpaired) electrons. The molecular formula is C22H24N4O4S. The lowest BCUT2D eigenvalue weighted by Crippen LogP contribution is -2.27. The van der Waals surface area contributed by atoms with Gasteiger partial charge in [-0.25, -0.2) is 4.79 Å². The van der Waals surface area contributed by atoms with Gasteiger partial charge in [0.2, 0.25) is 5.91 Å². The fourth-order valence-electron chi connectivity index (χ4n) is 3.64. The first-order chi connectivity index (χ1) is 14.9. The molecule has 31 heavy (non-hydrogen) atoms. The number of aryl methyl sites for hydroxylation is 1. The van der Waals surface area contributed by atoms with E-state index in [0.29, 0.717) is 54.3 Å². The van der Waals surface area contributed by atoms with Crippen LogP contribution in [-0.4, -0.2) is 42.9 Å². The zero-order valence-corrected chi connectivity index (χ0v) is 18.0. The van der Waals surface area contributed by atoms with Crippen LogP contribution in [-0.2, 0) is 9.53 Å². The van der Waals surface area contributed by atoms with Gasteiger partial charge >= 0.3 is 6.09 Å².